The number of amides is 1. The maximum absolute atomic E-state index is 12.1. The van der Waals surface area contributed by atoms with Crippen LogP contribution in [0.4, 0.5) is 0 Å². The Balaban J connectivity index is 1.76. The lowest BCUT2D eigenvalue weighted by Gasteiger charge is -2.32. The van der Waals surface area contributed by atoms with Crippen LogP contribution in [-0.2, 0) is 11.2 Å². The van der Waals surface area contributed by atoms with Gasteiger partial charge in [-0.3, -0.25) is 4.79 Å². The normalized spacial score (nSPS) is 18.9. The zero-order valence-electron chi connectivity index (χ0n) is 10.2. The fourth-order valence-corrected chi connectivity index (χ4v) is 2.70. The number of carbonyl (C=O) groups excluding carboxylic acids is 1. The van der Waals surface area contributed by atoms with E-state index >= 15 is 0 Å². The predicted octanol–water partition coefficient (Wildman–Crippen LogP) is 1.19. The van der Waals surface area contributed by atoms with Crippen molar-refractivity contribution in [3.63, 3.8) is 0 Å². The number of hydrogen-bond donors (Lipinski definition) is 2. The van der Waals surface area contributed by atoms with Gasteiger partial charge in [-0.15, -0.1) is 11.3 Å². The average Bonchev–Trinajstić information content (AvgIpc) is 2.83. The molecule has 0 unspecified atom stereocenters. The van der Waals surface area contributed by atoms with Gasteiger partial charge in [0.05, 0.1) is 5.01 Å². The van der Waals surface area contributed by atoms with Crippen molar-refractivity contribution in [3.8, 4) is 0 Å². The van der Waals surface area contributed by atoms with Gasteiger partial charge in [0.2, 0.25) is 5.91 Å². The molecule has 2 heterocycles. The Bertz CT molecular complexity index is 358. The first-order chi connectivity index (χ1) is 8.21. The minimum Gasteiger partial charge on any atom is -0.355 e. The Morgan fingerprint density at radius 3 is 3.00 bits per heavy atom. The Labute approximate surface area is 106 Å². The molecule has 0 aliphatic carbocycles. The highest BCUT2D eigenvalue weighted by Gasteiger charge is 2.34. The molecule has 1 aliphatic rings. The van der Waals surface area contributed by atoms with Gasteiger partial charge in [-0.2, -0.15) is 0 Å². The summed E-state index contributed by atoms with van der Waals surface area (Å²) in [6.45, 7) is 4.63. The third-order valence-corrected chi connectivity index (χ3v) is 4.20. The van der Waals surface area contributed by atoms with Crippen LogP contribution in [0.3, 0.4) is 0 Å². The summed E-state index contributed by atoms with van der Waals surface area (Å²) in [5, 5.41) is 9.36. The minimum atomic E-state index is -0.186. The molecule has 1 saturated heterocycles. The second-order valence-corrected chi connectivity index (χ2v) is 5.72. The molecule has 94 valence electrons. The number of piperidine rings is 1. The Hall–Kier alpha value is -0.940. The standard InChI is InChI=1S/C12H19N3OS/c1-12(3-6-13-7-4-12)11(16)15-5-2-10-14-8-9-17-10/h8-9,13H,2-7H2,1H3,(H,15,16). The van der Waals surface area contributed by atoms with Crippen molar-refractivity contribution in [1.82, 2.24) is 15.6 Å². The summed E-state index contributed by atoms with van der Waals surface area (Å²) in [4.78, 5) is 16.3. The highest BCUT2D eigenvalue weighted by atomic mass is 32.1. The van der Waals surface area contributed by atoms with Gasteiger partial charge in [0.25, 0.3) is 0 Å². The molecule has 2 rings (SSSR count). The second-order valence-electron chi connectivity index (χ2n) is 4.74. The number of thiazole rings is 1. The summed E-state index contributed by atoms with van der Waals surface area (Å²) in [5.74, 6) is 0.190. The smallest absolute Gasteiger partial charge is 0.226 e. The highest BCUT2D eigenvalue weighted by Crippen LogP contribution is 2.27. The molecule has 17 heavy (non-hydrogen) atoms. The number of nitrogens with one attached hydrogen (secondary N) is 2. The molecule has 2 N–H and O–H groups in total. The van der Waals surface area contributed by atoms with E-state index in [0.717, 1.165) is 37.4 Å². The Morgan fingerprint density at radius 2 is 2.35 bits per heavy atom. The Morgan fingerprint density at radius 1 is 1.59 bits per heavy atom. The summed E-state index contributed by atoms with van der Waals surface area (Å²) < 4.78 is 0. The lowest BCUT2D eigenvalue weighted by atomic mass is 9.80. The van der Waals surface area contributed by atoms with Gasteiger partial charge < -0.3 is 10.6 Å². The molecule has 1 amide bonds. The molecule has 1 aromatic heterocycles. The maximum Gasteiger partial charge on any atom is 0.226 e. The molecule has 1 aliphatic heterocycles. The number of carbonyl (C=O) groups is 1. The number of aromatic nitrogens is 1. The van der Waals surface area contributed by atoms with Crippen molar-refractivity contribution in [1.29, 1.82) is 0 Å². The first kappa shape index (κ1) is 12.5. The molecule has 5 heteroatoms. The first-order valence-corrected chi connectivity index (χ1v) is 6.96. The van der Waals surface area contributed by atoms with Crippen molar-refractivity contribution in [3.05, 3.63) is 16.6 Å². The number of nitrogens with zero attached hydrogens (tertiary/aromatic N) is 1. The molecular weight excluding hydrogens is 234 g/mol. The van der Waals surface area contributed by atoms with Crippen LogP contribution >= 0.6 is 11.3 Å². The quantitative estimate of drug-likeness (QED) is 0.847. The molecule has 0 saturated carbocycles. The summed E-state index contributed by atoms with van der Waals surface area (Å²) in [7, 11) is 0. The first-order valence-electron chi connectivity index (χ1n) is 6.08. The summed E-state index contributed by atoms with van der Waals surface area (Å²) >= 11 is 1.64. The van der Waals surface area contributed by atoms with E-state index in [1.165, 1.54) is 0 Å². The van der Waals surface area contributed by atoms with Crippen LogP contribution in [0.25, 0.3) is 0 Å². The van der Waals surface area contributed by atoms with Crippen molar-refractivity contribution >= 4 is 17.2 Å². The van der Waals surface area contributed by atoms with Crippen molar-refractivity contribution in [2.24, 2.45) is 5.41 Å². The van der Waals surface area contributed by atoms with E-state index in [9.17, 15) is 4.79 Å². The molecule has 0 spiro atoms. The molecule has 4 nitrogen and oxygen atoms in total. The summed E-state index contributed by atoms with van der Waals surface area (Å²) in [6, 6.07) is 0. The van der Waals surface area contributed by atoms with Gasteiger partial charge in [0.1, 0.15) is 0 Å². The van der Waals surface area contributed by atoms with Crippen molar-refractivity contribution < 1.29 is 4.79 Å². The SMILES string of the molecule is CC1(C(=O)NCCc2nccs2)CCNCC1. The van der Waals surface area contributed by atoms with Gasteiger partial charge in [-0.1, -0.05) is 6.92 Å². The van der Waals surface area contributed by atoms with Crippen LogP contribution in [0.2, 0.25) is 0 Å². The van der Waals surface area contributed by atoms with Crippen LogP contribution in [-0.4, -0.2) is 30.5 Å². The molecule has 1 fully saturated rings. The minimum absolute atomic E-state index is 0.186. The molecule has 0 radical (unpaired) electrons. The van der Waals surface area contributed by atoms with Crippen LogP contribution in [0.5, 0.6) is 0 Å². The molecule has 0 bridgehead atoms. The summed E-state index contributed by atoms with van der Waals surface area (Å²) in [5.41, 5.74) is -0.186. The topological polar surface area (TPSA) is 54.0 Å². The van der Waals surface area contributed by atoms with Crippen LogP contribution in [0, 0.1) is 5.41 Å². The maximum atomic E-state index is 12.1. The largest absolute Gasteiger partial charge is 0.355 e. The number of hydrogen-bond acceptors (Lipinski definition) is 4. The molecular formula is C12H19N3OS. The van der Waals surface area contributed by atoms with E-state index in [4.69, 9.17) is 0 Å². The molecule has 0 atom stereocenters. The van der Waals surface area contributed by atoms with Crippen LogP contribution in [0.15, 0.2) is 11.6 Å². The fourth-order valence-electron chi connectivity index (χ4n) is 2.08. The van der Waals surface area contributed by atoms with Gasteiger partial charge in [0, 0.05) is 30.0 Å². The Kier molecular flexibility index (Phi) is 4.12. The van der Waals surface area contributed by atoms with Crippen molar-refractivity contribution in [2.45, 2.75) is 26.2 Å². The third kappa shape index (κ3) is 3.26. The van der Waals surface area contributed by atoms with E-state index in [-0.39, 0.29) is 11.3 Å². The van der Waals surface area contributed by atoms with E-state index in [1.54, 1.807) is 17.5 Å². The van der Waals surface area contributed by atoms with Crippen LogP contribution < -0.4 is 10.6 Å². The van der Waals surface area contributed by atoms with E-state index in [2.05, 4.69) is 22.5 Å². The van der Waals surface area contributed by atoms with Gasteiger partial charge in [0.15, 0.2) is 0 Å². The third-order valence-electron chi connectivity index (χ3n) is 3.36. The second kappa shape index (κ2) is 5.60. The lowest BCUT2D eigenvalue weighted by molar-refractivity contribution is -0.131. The van der Waals surface area contributed by atoms with E-state index < -0.39 is 0 Å². The van der Waals surface area contributed by atoms with Gasteiger partial charge >= 0.3 is 0 Å². The van der Waals surface area contributed by atoms with Gasteiger partial charge in [-0.25, -0.2) is 4.98 Å². The zero-order valence-corrected chi connectivity index (χ0v) is 11.0. The monoisotopic (exact) mass is 253 g/mol. The van der Waals surface area contributed by atoms with E-state index in [1.807, 2.05) is 5.38 Å². The molecule has 0 aromatic carbocycles. The number of rotatable bonds is 4. The molecule has 1 aromatic rings. The lowest BCUT2D eigenvalue weighted by Crippen LogP contribution is -2.46. The average molecular weight is 253 g/mol. The summed E-state index contributed by atoms with van der Waals surface area (Å²) in [6.07, 6.45) is 4.49. The van der Waals surface area contributed by atoms with Crippen LogP contribution in [0.1, 0.15) is 24.8 Å². The highest BCUT2D eigenvalue weighted by molar-refractivity contribution is 7.09. The van der Waals surface area contributed by atoms with Crippen molar-refractivity contribution in [2.75, 3.05) is 19.6 Å². The zero-order chi connectivity index (χ0) is 12.1. The fraction of sp³-hybridized carbons (Fsp3) is 0.667. The predicted molar refractivity (Wildman–Crippen MR) is 69.0 cm³/mol. The van der Waals surface area contributed by atoms with Gasteiger partial charge in [-0.05, 0) is 25.9 Å². The van der Waals surface area contributed by atoms with E-state index in [0.29, 0.717) is 6.54 Å².